The number of rotatable bonds is 4. The average molecular weight is 317 g/mol. The molecule has 8 heteroatoms. The lowest BCUT2D eigenvalue weighted by molar-refractivity contribution is -0.384. The molecule has 0 aliphatic carbocycles. The van der Waals surface area contributed by atoms with Gasteiger partial charge < -0.3 is 9.73 Å². The van der Waals surface area contributed by atoms with Gasteiger partial charge in [0.1, 0.15) is 5.76 Å². The van der Waals surface area contributed by atoms with Crippen molar-refractivity contribution in [2.45, 2.75) is 0 Å². The molecule has 112 valence electrons. The molecule has 0 spiro atoms. The number of hydrogen-bond donors (Lipinski definition) is 2. The van der Waals surface area contributed by atoms with Crippen LogP contribution in [0, 0.1) is 10.1 Å². The molecule has 0 atom stereocenters. The molecule has 0 aliphatic rings. The highest BCUT2D eigenvalue weighted by atomic mass is 32.1. The van der Waals surface area contributed by atoms with Gasteiger partial charge in [-0.05, 0) is 36.5 Å². The number of non-ortho nitro benzene ring substituents is 1. The largest absolute Gasteiger partial charge is 0.465 e. The van der Waals surface area contributed by atoms with Crippen LogP contribution in [0.5, 0.6) is 0 Å². The number of nitrogens with zero attached hydrogens (tertiary/aromatic N) is 1. The number of furan rings is 1. The lowest BCUT2D eigenvalue weighted by atomic mass is 10.3. The molecule has 2 aromatic rings. The van der Waals surface area contributed by atoms with Crippen LogP contribution in [0.1, 0.15) is 5.76 Å². The second-order valence-corrected chi connectivity index (χ2v) is 4.51. The lowest BCUT2D eigenvalue weighted by Crippen LogP contribution is -2.32. The first-order valence-corrected chi connectivity index (χ1v) is 6.53. The normalized spacial score (nSPS) is 10.4. The van der Waals surface area contributed by atoms with E-state index in [2.05, 4.69) is 10.6 Å². The molecule has 1 aromatic carbocycles. The molecule has 7 nitrogen and oxygen atoms in total. The van der Waals surface area contributed by atoms with Crippen LogP contribution in [-0.2, 0) is 4.79 Å². The van der Waals surface area contributed by atoms with Crippen molar-refractivity contribution in [2.75, 3.05) is 5.32 Å². The first-order valence-electron chi connectivity index (χ1n) is 6.12. The molecule has 1 heterocycles. The summed E-state index contributed by atoms with van der Waals surface area (Å²) in [5.74, 6) is 0.0899. The molecular weight excluding hydrogens is 306 g/mol. The van der Waals surface area contributed by atoms with E-state index in [1.54, 1.807) is 18.2 Å². The lowest BCUT2D eigenvalue weighted by Gasteiger charge is -2.07. The van der Waals surface area contributed by atoms with Gasteiger partial charge in [0.25, 0.3) is 5.69 Å². The van der Waals surface area contributed by atoms with E-state index in [1.165, 1.54) is 36.6 Å². The van der Waals surface area contributed by atoms with Gasteiger partial charge in [0.05, 0.1) is 11.2 Å². The van der Waals surface area contributed by atoms with Gasteiger partial charge in [0.15, 0.2) is 5.11 Å². The topological polar surface area (TPSA) is 97.4 Å². The number of hydrogen-bond acceptors (Lipinski definition) is 5. The number of nitro benzene ring substituents is 1. The maximum absolute atomic E-state index is 11.6. The Morgan fingerprint density at radius 3 is 2.82 bits per heavy atom. The number of benzene rings is 1. The van der Waals surface area contributed by atoms with Crippen LogP contribution in [-0.4, -0.2) is 15.9 Å². The summed E-state index contributed by atoms with van der Waals surface area (Å²) in [7, 11) is 0. The van der Waals surface area contributed by atoms with Crippen molar-refractivity contribution in [1.82, 2.24) is 5.32 Å². The minimum absolute atomic E-state index is 0.0367. The van der Waals surface area contributed by atoms with E-state index in [9.17, 15) is 14.9 Å². The van der Waals surface area contributed by atoms with Gasteiger partial charge >= 0.3 is 0 Å². The van der Waals surface area contributed by atoms with E-state index >= 15 is 0 Å². The van der Waals surface area contributed by atoms with Gasteiger partial charge in [-0.15, -0.1) is 0 Å². The highest BCUT2D eigenvalue weighted by molar-refractivity contribution is 7.80. The minimum atomic E-state index is -0.515. The molecule has 0 saturated heterocycles. The van der Waals surface area contributed by atoms with Crippen LogP contribution in [0.15, 0.2) is 53.2 Å². The maximum Gasteiger partial charge on any atom is 0.271 e. The van der Waals surface area contributed by atoms with Crippen LogP contribution in [0.25, 0.3) is 6.08 Å². The van der Waals surface area contributed by atoms with E-state index < -0.39 is 10.8 Å². The fourth-order valence-electron chi connectivity index (χ4n) is 1.56. The van der Waals surface area contributed by atoms with Gasteiger partial charge in [-0.3, -0.25) is 20.2 Å². The zero-order valence-corrected chi connectivity index (χ0v) is 12.0. The summed E-state index contributed by atoms with van der Waals surface area (Å²) in [6, 6.07) is 9.19. The second-order valence-electron chi connectivity index (χ2n) is 4.10. The Morgan fingerprint density at radius 1 is 1.32 bits per heavy atom. The Hall–Kier alpha value is -3.00. The number of carbonyl (C=O) groups is 1. The summed E-state index contributed by atoms with van der Waals surface area (Å²) >= 11 is 4.97. The third-order valence-corrected chi connectivity index (χ3v) is 2.70. The summed E-state index contributed by atoms with van der Waals surface area (Å²) in [6.07, 6.45) is 4.25. The fraction of sp³-hybridized carbons (Fsp3) is 0. The van der Waals surface area contributed by atoms with Crippen molar-refractivity contribution in [3.63, 3.8) is 0 Å². The molecule has 1 aromatic heterocycles. The van der Waals surface area contributed by atoms with Crippen LogP contribution < -0.4 is 10.6 Å². The molecule has 22 heavy (non-hydrogen) atoms. The summed E-state index contributed by atoms with van der Waals surface area (Å²) < 4.78 is 5.04. The third-order valence-electron chi connectivity index (χ3n) is 2.49. The molecule has 1 amide bonds. The van der Waals surface area contributed by atoms with Gasteiger partial charge in [-0.25, -0.2) is 0 Å². The summed E-state index contributed by atoms with van der Waals surface area (Å²) in [4.78, 5) is 21.8. The third kappa shape index (κ3) is 4.53. The summed E-state index contributed by atoms with van der Waals surface area (Å²) in [5.41, 5.74) is 0.339. The van der Waals surface area contributed by atoms with Gasteiger partial charge in [0.2, 0.25) is 5.91 Å². The first-order chi connectivity index (χ1) is 10.5. The van der Waals surface area contributed by atoms with Crippen molar-refractivity contribution < 1.29 is 14.1 Å². The van der Waals surface area contributed by atoms with Gasteiger partial charge in [-0.2, -0.15) is 0 Å². The number of amides is 1. The zero-order valence-electron chi connectivity index (χ0n) is 11.2. The second kappa shape index (κ2) is 7.14. The van der Waals surface area contributed by atoms with Crippen LogP contribution in [0.3, 0.4) is 0 Å². The Bertz CT molecular complexity index is 725. The smallest absolute Gasteiger partial charge is 0.271 e. The maximum atomic E-state index is 11.6. The van der Waals surface area contributed by atoms with Crippen LogP contribution in [0.4, 0.5) is 11.4 Å². The predicted octanol–water partition coefficient (Wildman–Crippen LogP) is 2.71. The Balaban J connectivity index is 1.91. The number of nitrogens with one attached hydrogen (secondary N) is 2. The highest BCUT2D eigenvalue weighted by Crippen LogP contribution is 2.16. The standard InChI is InChI=1S/C14H11N3O4S/c18-13(7-6-12-5-2-8-21-12)16-14(22)15-10-3-1-4-11(9-10)17(19)20/h1-9H,(H2,15,16,18,22)/b7-6+. The van der Waals surface area contributed by atoms with E-state index in [0.717, 1.165) is 0 Å². The Kier molecular flexibility index (Phi) is 4.99. The minimum Gasteiger partial charge on any atom is -0.465 e. The van der Waals surface area contributed by atoms with Crippen molar-refractivity contribution in [2.24, 2.45) is 0 Å². The van der Waals surface area contributed by atoms with Gasteiger partial charge in [0, 0.05) is 23.9 Å². The number of anilines is 1. The quantitative estimate of drug-likeness (QED) is 0.389. The molecule has 0 radical (unpaired) electrons. The molecule has 0 bridgehead atoms. The molecule has 0 saturated carbocycles. The fourth-order valence-corrected chi connectivity index (χ4v) is 1.78. The molecule has 0 unspecified atom stereocenters. The number of carbonyl (C=O) groups excluding carboxylic acids is 1. The molecule has 2 rings (SSSR count). The van der Waals surface area contributed by atoms with Crippen molar-refractivity contribution in [3.05, 3.63) is 64.6 Å². The van der Waals surface area contributed by atoms with E-state index in [1.807, 2.05) is 0 Å². The zero-order chi connectivity index (χ0) is 15.9. The molecule has 0 aliphatic heterocycles. The van der Waals surface area contributed by atoms with E-state index in [-0.39, 0.29) is 10.8 Å². The molecular formula is C14H11N3O4S. The number of thiocarbonyl (C=S) groups is 1. The van der Waals surface area contributed by atoms with E-state index in [4.69, 9.17) is 16.6 Å². The highest BCUT2D eigenvalue weighted by Gasteiger charge is 2.07. The summed E-state index contributed by atoms with van der Waals surface area (Å²) in [6.45, 7) is 0. The van der Waals surface area contributed by atoms with Crippen LogP contribution >= 0.6 is 12.2 Å². The van der Waals surface area contributed by atoms with E-state index in [0.29, 0.717) is 11.4 Å². The van der Waals surface area contributed by atoms with Gasteiger partial charge in [-0.1, -0.05) is 6.07 Å². The summed E-state index contributed by atoms with van der Waals surface area (Å²) in [5, 5.41) is 15.8. The Morgan fingerprint density at radius 2 is 2.14 bits per heavy atom. The van der Waals surface area contributed by atoms with Crippen molar-refractivity contribution in [3.8, 4) is 0 Å². The monoisotopic (exact) mass is 317 g/mol. The van der Waals surface area contributed by atoms with Crippen molar-refractivity contribution >= 4 is 40.7 Å². The molecule has 2 N–H and O–H groups in total. The molecule has 0 fully saturated rings. The van der Waals surface area contributed by atoms with Crippen molar-refractivity contribution in [1.29, 1.82) is 0 Å². The average Bonchev–Trinajstić information content (AvgIpc) is 2.98. The van der Waals surface area contributed by atoms with Crippen LogP contribution in [0.2, 0.25) is 0 Å². The predicted molar refractivity (Wildman–Crippen MR) is 85.2 cm³/mol. The number of nitro groups is 1. The Labute approximate surface area is 130 Å². The first kappa shape index (κ1) is 15.4. The SMILES string of the molecule is O=C(/C=C/c1ccco1)NC(=S)Nc1cccc([N+](=O)[O-])c1.